The highest BCUT2D eigenvalue weighted by Gasteiger charge is 2.06. The molecule has 1 heterocycles. The van der Waals surface area contributed by atoms with Crippen molar-refractivity contribution >= 4 is 35.2 Å². The van der Waals surface area contributed by atoms with E-state index in [-0.39, 0.29) is 5.56 Å². The number of hydrogen-bond acceptors (Lipinski definition) is 7. The number of nitrogens with zero attached hydrogens (tertiary/aromatic N) is 1. The molecule has 0 bridgehead atoms. The van der Waals surface area contributed by atoms with E-state index in [0.29, 0.717) is 17.1 Å². The Morgan fingerprint density at radius 1 is 0.800 bits per heavy atom. The minimum Gasteiger partial charge on any atom is -0.497 e. The van der Waals surface area contributed by atoms with Gasteiger partial charge in [-0.25, -0.2) is 9.78 Å². The van der Waals surface area contributed by atoms with Gasteiger partial charge >= 0.3 is 5.97 Å². The molecule has 0 aliphatic carbocycles. The van der Waals surface area contributed by atoms with Crippen LogP contribution in [0.15, 0.2) is 84.9 Å². The molecule has 1 aromatic heterocycles. The highest BCUT2D eigenvalue weighted by atomic mass is 16.5. The van der Waals surface area contributed by atoms with Crippen molar-refractivity contribution in [3.63, 3.8) is 0 Å². The number of methoxy groups -OCH3 is 2. The topological polar surface area (TPSA) is 154 Å². The van der Waals surface area contributed by atoms with Crippen molar-refractivity contribution in [3.05, 3.63) is 102 Å². The molecule has 6 N–H and O–H groups in total. The SMILES string of the molecule is C=O.COc1ccc(-c2nc3c(C)cccc3[nH]2)cc1.COc1ccc(C(=O)O)cc1.Cc1cccc(N)c1N. The van der Waals surface area contributed by atoms with Crippen LogP contribution in [0.1, 0.15) is 21.5 Å². The van der Waals surface area contributed by atoms with E-state index in [9.17, 15) is 4.79 Å². The molecule has 9 heteroatoms. The number of nitrogen functional groups attached to an aromatic ring is 2. The van der Waals surface area contributed by atoms with Crippen LogP contribution in [0.4, 0.5) is 11.4 Å². The molecule has 0 saturated heterocycles. The largest absolute Gasteiger partial charge is 0.497 e. The van der Waals surface area contributed by atoms with E-state index in [1.807, 2.05) is 62.2 Å². The van der Waals surface area contributed by atoms with Crippen molar-refractivity contribution in [1.29, 1.82) is 0 Å². The Bertz CT molecular complexity index is 1490. The van der Waals surface area contributed by atoms with Gasteiger partial charge in [0, 0.05) is 5.56 Å². The van der Waals surface area contributed by atoms with Gasteiger partial charge in [0.1, 0.15) is 24.1 Å². The van der Waals surface area contributed by atoms with Gasteiger partial charge in [0.25, 0.3) is 0 Å². The highest BCUT2D eigenvalue weighted by Crippen LogP contribution is 2.24. The number of nitrogens with two attached hydrogens (primary N) is 2. The van der Waals surface area contributed by atoms with Gasteiger partial charge in [-0.2, -0.15) is 0 Å². The summed E-state index contributed by atoms with van der Waals surface area (Å²) >= 11 is 0. The predicted molar refractivity (Wildman–Crippen MR) is 160 cm³/mol. The second-order valence-corrected chi connectivity index (χ2v) is 8.40. The molecule has 0 fully saturated rings. The summed E-state index contributed by atoms with van der Waals surface area (Å²) in [6.45, 7) is 6.01. The van der Waals surface area contributed by atoms with Crippen molar-refractivity contribution in [3.8, 4) is 22.9 Å². The molecular weight excluding hydrogens is 508 g/mol. The second-order valence-electron chi connectivity index (χ2n) is 8.40. The minimum absolute atomic E-state index is 0.269. The molecule has 0 aliphatic rings. The van der Waals surface area contributed by atoms with E-state index in [4.69, 9.17) is 30.8 Å². The maximum absolute atomic E-state index is 10.4. The minimum atomic E-state index is -0.923. The fourth-order valence-corrected chi connectivity index (χ4v) is 3.50. The van der Waals surface area contributed by atoms with Gasteiger partial charge in [-0.05, 0) is 85.6 Å². The number of aromatic carboxylic acids is 1. The lowest BCUT2D eigenvalue weighted by Gasteiger charge is -2.00. The molecule has 5 aromatic rings. The number of carbonyl (C=O) groups excluding carboxylic acids is 1. The lowest BCUT2D eigenvalue weighted by molar-refractivity contribution is -0.0980. The van der Waals surface area contributed by atoms with Crippen molar-refractivity contribution in [1.82, 2.24) is 9.97 Å². The average Bonchev–Trinajstić information content (AvgIpc) is 3.43. The van der Waals surface area contributed by atoms with Crippen LogP contribution in [-0.2, 0) is 4.79 Å². The van der Waals surface area contributed by atoms with Crippen LogP contribution in [0.2, 0.25) is 0 Å². The Labute approximate surface area is 233 Å². The number of aromatic nitrogens is 2. The molecule has 40 heavy (non-hydrogen) atoms. The number of fused-ring (bicyclic) bond motifs is 1. The highest BCUT2D eigenvalue weighted by molar-refractivity contribution is 5.87. The molecular formula is C31H34N4O5. The third kappa shape index (κ3) is 8.35. The third-order valence-electron chi connectivity index (χ3n) is 5.77. The van der Waals surface area contributed by atoms with Gasteiger partial charge in [0.2, 0.25) is 0 Å². The van der Waals surface area contributed by atoms with Crippen LogP contribution < -0.4 is 20.9 Å². The van der Waals surface area contributed by atoms with Crippen LogP contribution in [0.25, 0.3) is 22.4 Å². The number of rotatable bonds is 4. The van der Waals surface area contributed by atoms with Gasteiger partial charge in [0.15, 0.2) is 0 Å². The molecule has 0 amide bonds. The number of para-hydroxylation sites is 2. The summed E-state index contributed by atoms with van der Waals surface area (Å²) < 4.78 is 10.0. The molecule has 0 unspecified atom stereocenters. The van der Waals surface area contributed by atoms with Crippen LogP contribution in [-0.4, -0.2) is 42.1 Å². The molecule has 208 valence electrons. The first-order chi connectivity index (χ1) is 19.2. The fraction of sp³-hybridized carbons (Fsp3) is 0.129. The summed E-state index contributed by atoms with van der Waals surface area (Å²) in [6, 6.07) is 25.9. The van der Waals surface area contributed by atoms with Gasteiger partial charge in [-0.15, -0.1) is 0 Å². The van der Waals surface area contributed by atoms with Crippen LogP contribution in [0.5, 0.6) is 11.5 Å². The maximum atomic E-state index is 10.4. The van der Waals surface area contributed by atoms with Gasteiger partial charge in [-0.3, -0.25) is 0 Å². The van der Waals surface area contributed by atoms with E-state index in [1.54, 1.807) is 25.3 Å². The molecule has 9 nitrogen and oxygen atoms in total. The number of aromatic amines is 1. The van der Waals surface area contributed by atoms with E-state index < -0.39 is 5.97 Å². The molecule has 0 atom stereocenters. The number of H-pyrrole nitrogens is 1. The smallest absolute Gasteiger partial charge is 0.335 e. The second kappa shape index (κ2) is 15.2. The van der Waals surface area contributed by atoms with Crippen LogP contribution in [0, 0.1) is 13.8 Å². The summed E-state index contributed by atoms with van der Waals surface area (Å²) in [4.78, 5) is 26.3. The monoisotopic (exact) mass is 542 g/mol. The zero-order chi connectivity index (χ0) is 29.7. The first-order valence-electron chi connectivity index (χ1n) is 12.1. The molecule has 5 rings (SSSR count). The average molecular weight is 543 g/mol. The van der Waals surface area contributed by atoms with Gasteiger partial charge < -0.3 is 35.8 Å². The summed E-state index contributed by atoms with van der Waals surface area (Å²) in [5.74, 6) is 1.48. The lowest BCUT2D eigenvalue weighted by atomic mass is 10.2. The molecule has 4 aromatic carbocycles. The number of benzene rings is 4. The standard InChI is InChI=1S/C15H14N2O.C8H8O3.C7H10N2.CH2O/c1-10-4-3-5-13-14(10)17-15(16-13)11-6-8-12(18-2)9-7-11;1-11-7-4-2-6(3-5-7)8(9)10;1-5-3-2-4-6(8)7(5)9;1-2/h3-9H,1-2H3,(H,16,17);2-5H,1H3,(H,9,10);2-4H,8-9H2,1H3;1H2. The van der Waals surface area contributed by atoms with E-state index in [0.717, 1.165) is 33.7 Å². The maximum Gasteiger partial charge on any atom is 0.335 e. The number of imidazole rings is 1. The number of hydrogen-bond donors (Lipinski definition) is 4. The molecule has 0 aliphatic heterocycles. The Hall–Kier alpha value is -5.31. The van der Waals surface area contributed by atoms with E-state index in [1.165, 1.54) is 24.8 Å². The zero-order valence-corrected chi connectivity index (χ0v) is 23.0. The number of aryl methyl sites for hydroxylation is 2. The van der Waals surface area contributed by atoms with Crippen molar-refractivity contribution in [2.24, 2.45) is 0 Å². The van der Waals surface area contributed by atoms with Gasteiger partial charge in [-0.1, -0.05) is 24.3 Å². The number of anilines is 2. The molecule has 0 spiro atoms. The van der Waals surface area contributed by atoms with Gasteiger partial charge in [0.05, 0.1) is 42.2 Å². The number of carboxylic acid groups (broad SMARTS) is 1. The summed E-state index contributed by atoms with van der Waals surface area (Å²) in [7, 11) is 3.20. The lowest BCUT2D eigenvalue weighted by Crippen LogP contribution is -1.95. The summed E-state index contributed by atoms with van der Waals surface area (Å²) in [5.41, 5.74) is 18.1. The number of carbonyl (C=O) groups is 2. The number of carboxylic acids is 1. The summed E-state index contributed by atoms with van der Waals surface area (Å²) in [6.07, 6.45) is 0. The quantitative estimate of drug-likeness (QED) is 0.204. The third-order valence-corrected chi connectivity index (χ3v) is 5.77. The van der Waals surface area contributed by atoms with E-state index >= 15 is 0 Å². The zero-order valence-electron chi connectivity index (χ0n) is 23.0. The predicted octanol–water partition coefficient (Wildman–Crippen LogP) is 5.91. The first kappa shape index (κ1) is 30.9. The first-order valence-corrected chi connectivity index (χ1v) is 12.1. The normalized spacial score (nSPS) is 9.60. The Morgan fingerprint density at radius 3 is 1.80 bits per heavy atom. The fourth-order valence-electron chi connectivity index (χ4n) is 3.50. The Balaban J connectivity index is 0.000000219. The van der Waals surface area contributed by atoms with E-state index in [2.05, 4.69) is 23.0 Å². The van der Waals surface area contributed by atoms with Crippen LogP contribution >= 0.6 is 0 Å². The van der Waals surface area contributed by atoms with Crippen molar-refractivity contribution in [2.75, 3.05) is 25.7 Å². The van der Waals surface area contributed by atoms with Crippen molar-refractivity contribution < 1.29 is 24.2 Å². The number of ether oxygens (including phenoxy) is 2. The number of nitrogens with one attached hydrogen (secondary N) is 1. The van der Waals surface area contributed by atoms with Crippen LogP contribution in [0.3, 0.4) is 0 Å². The Morgan fingerprint density at radius 2 is 1.32 bits per heavy atom. The molecule has 0 radical (unpaired) electrons. The molecule has 0 saturated carbocycles. The Kier molecular flexibility index (Phi) is 11.7. The van der Waals surface area contributed by atoms with Crippen molar-refractivity contribution in [2.45, 2.75) is 13.8 Å². The summed E-state index contributed by atoms with van der Waals surface area (Å²) in [5, 5.41) is 8.51.